The Morgan fingerprint density at radius 2 is 2.04 bits per heavy atom. The number of hydrogen-bond acceptors (Lipinski definition) is 5. The highest BCUT2D eigenvalue weighted by Gasteiger charge is 2.55. The van der Waals surface area contributed by atoms with Gasteiger partial charge >= 0.3 is 0 Å². The number of ether oxygens (including phenoxy) is 1. The van der Waals surface area contributed by atoms with E-state index in [4.69, 9.17) is 28.6 Å². The highest BCUT2D eigenvalue weighted by Crippen LogP contribution is 2.46. The van der Waals surface area contributed by atoms with Crippen LogP contribution >= 0.6 is 23.8 Å². The number of nitrogens with zero attached hydrogens (tertiary/aromatic N) is 1. The third kappa shape index (κ3) is 3.12. The van der Waals surface area contributed by atoms with Crippen molar-refractivity contribution < 1.29 is 14.5 Å². The molecule has 2 bridgehead atoms. The maximum absolute atomic E-state index is 13.1. The third-order valence-corrected chi connectivity index (χ3v) is 5.30. The van der Waals surface area contributed by atoms with E-state index in [1.54, 1.807) is 31.2 Å². The summed E-state index contributed by atoms with van der Waals surface area (Å²) in [7, 11) is 0. The molecule has 1 saturated heterocycles. The molecule has 28 heavy (non-hydrogen) atoms. The molecule has 0 spiro atoms. The van der Waals surface area contributed by atoms with Gasteiger partial charge in [-0.1, -0.05) is 11.6 Å². The second-order valence-electron chi connectivity index (χ2n) is 6.74. The van der Waals surface area contributed by atoms with E-state index in [2.05, 4.69) is 16.0 Å². The van der Waals surface area contributed by atoms with E-state index in [1.807, 2.05) is 0 Å². The zero-order valence-electron chi connectivity index (χ0n) is 14.6. The summed E-state index contributed by atoms with van der Waals surface area (Å²) < 4.78 is 6.04. The maximum Gasteiger partial charge on any atom is 0.270 e. The number of nitro groups is 1. The molecule has 0 aliphatic carbocycles. The van der Waals surface area contributed by atoms with Crippen LogP contribution in [0.2, 0.25) is 5.02 Å². The Bertz CT molecular complexity index is 1000. The van der Waals surface area contributed by atoms with E-state index in [-0.39, 0.29) is 11.6 Å². The van der Waals surface area contributed by atoms with Crippen LogP contribution in [-0.2, 0) is 4.79 Å². The summed E-state index contributed by atoms with van der Waals surface area (Å²) >= 11 is 11.1. The first-order chi connectivity index (χ1) is 13.3. The molecule has 1 amide bonds. The number of nitrogens with one attached hydrogen (secondary N) is 3. The Hall–Kier alpha value is -2.91. The van der Waals surface area contributed by atoms with Gasteiger partial charge in [0, 0.05) is 28.4 Å². The molecule has 0 unspecified atom stereocenters. The zero-order chi connectivity index (χ0) is 20.1. The van der Waals surface area contributed by atoms with Gasteiger partial charge in [0.1, 0.15) is 11.7 Å². The minimum absolute atomic E-state index is 0.0888. The molecule has 2 aliphatic heterocycles. The molecule has 10 heteroatoms. The molecular formula is C18H15ClN4O4S. The number of benzene rings is 2. The van der Waals surface area contributed by atoms with Crippen molar-refractivity contribution in [1.82, 2.24) is 10.6 Å². The molecule has 2 aromatic rings. The molecule has 2 aromatic carbocycles. The summed E-state index contributed by atoms with van der Waals surface area (Å²) in [6.45, 7) is 1.73. The second kappa shape index (κ2) is 6.61. The van der Waals surface area contributed by atoms with Crippen LogP contribution in [0.1, 0.15) is 18.5 Å². The van der Waals surface area contributed by atoms with Crippen molar-refractivity contribution in [3.8, 4) is 5.75 Å². The van der Waals surface area contributed by atoms with Crippen LogP contribution in [0, 0.1) is 16.0 Å². The van der Waals surface area contributed by atoms with Crippen LogP contribution in [0.15, 0.2) is 42.5 Å². The van der Waals surface area contributed by atoms with E-state index in [0.29, 0.717) is 27.1 Å². The van der Waals surface area contributed by atoms with Crippen molar-refractivity contribution in [3.63, 3.8) is 0 Å². The number of amides is 1. The molecule has 0 radical (unpaired) electrons. The summed E-state index contributed by atoms with van der Waals surface area (Å²) in [4.78, 5) is 23.8. The Morgan fingerprint density at radius 3 is 2.71 bits per heavy atom. The van der Waals surface area contributed by atoms with Gasteiger partial charge in [-0.2, -0.15) is 0 Å². The lowest BCUT2D eigenvalue weighted by Gasteiger charge is -2.50. The fourth-order valence-electron chi connectivity index (χ4n) is 3.60. The molecule has 4 rings (SSSR count). The van der Waals surface area contributed by atoms with Crippen LogP contribution in [0.5, 0.6) is 5.75 Å². The third-order valence-electron chi connectivity index (χ3n) is 4.83. The Balaban J connectivity index is 1.73. The van der Waals surface area contributed by atoms with Gasteiger partial charge in [0.2, 0.25) is 5.91 Å². The number of carbonyl (C=O) groups is 1. The van der Waals surface area contributed by atoms with Gasteiger partial charge in [-0.3, -0.25) is 14.9 Å². The topological polar surface area (TPSA) is 106 Å². The summed E-state index contributed by atoms with van der Waals surface area (Å²) in [5.41, 5.74) is -0.128. The van der Waals surface area contributed by atoms with Crippen molar-refractivity contribution in [2.45, 2.75) is 18.7 Å². The van der Waals surface area contributed by atoms with Gasteiger partial charge in [0.15, 0.2) is 10.8 Å². The second-order valence-corrected chi connectivity index (χ2v) is 7.58. The molecule has 144 valence electrons. The smallest absolute Gasteiger partial charge is 0.270 e. The number of thiocarbonyl (C=S) groups is 1. The van der Waals surface area contributed by atoms with Crippen molar-refractivity contribution in [2.75, 3.05) is 5.32 Å². The molecule has 2 aliphatic rings. The summed E-state index contributed by atoms with van der Waals surface area (Å²) in [5.74, 6) is -0.616. The van der Waals surface area contributed by atoms with Crippen LogP contribution < -0.4 is 20.7 Å². The zero-order valence-corrected chi connectivity index (χ0v) is 16.1. The highest BCUT2D eigenvalue weighted by atomic mass is 35.5. The number of nitro benzene ring substituents is 1. The van der Waals surface area contributed by atoms with E-state index >= 15 is 0 Å². The standard InChI is InChI=1S/C18H15ClN4O4S/c1-18-14(16(24)20-10-4-2-9(19)3-5-10)15(21-17(28)22-18)12-8-11(23(25)26)6-7-13(12)27-18/h2-8,14-15H,1H3,(H,20,24)(H2,21,22,28)/t14-,15-,18+/m1/s1. The van der Waals surface area contributed by atoms with Gasteiger partial charge in [0.05, 0.1) is 11.0 Å². The fraction of sp³-hybridized carbons (Fsp3) is 0.222. The van der Waals surface area contributed by atoms with Crippen molar-refractivity contribution in [2.24, 2.45) is 5.92 Å². The van der Waals surface area contributed by atoms with Crippen molar-refractivity contribution >= 4 is 46.2 Å². The molecule has 1 fully saturated rings. The number of anilines is 1. The Kier molecular flexibility index (Phi) is 4.35. The Morgan fingerprint density at radius 1 is 1.32 bits per heavy atom. The van der Waals surface area contributed by atoms with Crippen molar-refractivity contribution in [3.05, 3.63) is 63.2 Å². The molecule has 2 heterocycles. The summed E-state index contributed by atoms with van der Waals surface area (Å²) in [6, 6.07) is 10.4. The normalized spacial score (nSPS) is 24.9. The van der Waals surface area contributed by atoms with Crippen LogP contribution in [0.3, 0.4) is 0 Å². The molecule has 8 nitrogen and oxygen atoms in total. The van der Waals surface area contributed by atoms with Crippen LogP contribution in [0.4, 0.5) is 11.4 Å². The predicted octanol–water partition coefficient (Wildman–Crippen LogP) is 3.13. The highest BCUT2D eigenvalue weighted by molar-refractivity contribution is 7.80. The lowest BCUT2D eigenvalue weighted by molar-refractivity contribution is -0.385. The first-order valence-electron chi connectivity index (χ1n) is 8.39. The fourth-order valence-corrected chi connectivity index (χ4v) is 4.05. The average Bonchev–Trinajstić information content (AvgIpc) is 2.62. The quantitative estimate of drug-likeness (QED) is 0.399. The number of halogens is 1. The molecule has 3 atom stereocenters. The SMILES string of the molecule is C[C@]12NC(=S)N[C@H](c3cc([N+](=O)[O-])ccc3O1)[C@@H]2C(=O)Nc1ccc(Cl)cc1. The molecule has 3 N–H and O–H groups in total. The number of non-ortho nitro benzene ring substituents is 1. The van der Waals surface area contributed by atoms with Gasteiger partial charge in [-0.05, 0) is 49.5 Å². The number of fused-ring (bicyclic) bond motifs is 4. The van der Waals surface area contributed by atoms with Crippen molar-refractivity contribution in [1.29, 1.82) is 0 Å². The first-order valence-corrected chi connectivity index (χ1v) is 9.18. The van der Waals surface area contributed by atoms with Gasteiger partial charge in [0.25, 0.3) is 5.69 Å². The van der Waals surface area contributed by atoms with Gasteiger partial charge < -0.3 is 20.7 Å². The first kappa shape index (κ1) is 18.5. The summed E-state index contributed by atoms with van der Waals surface area (Å²) in [5, 5.41) is 21.0. The van der Waals surface area contributed by atoms with Gasteiger partial charge in [-0.15, -0.1) is 0 Å². The average molecular weight is 419 g/mol. The van der Waals surface area contributed by atoms with E-state index < -0.39 is 22.6 Å². The van der Waals surface area contributed by atoms with E-state index in [9.17, 15) is 14.9 Å². The number of carbonyl (C=O) groups excluding carboxylic acids is 1. The molecule has 0 aromatic heterocycles. The van der Waals surface area contributed by atoms with E-state index in [0.717, 1.165) is 0 Å². The van der Waals surface area contributed by atoms with Gasteiger partial charge in [-0.25, -0.2) is 0 Å². The minimum atomic E-state index is -1.12. The monoisotopic (exact) mass is 418 g/mol. The maximum atomic E-state index is 13.1. The largest absolute Gasteiger partial charge is 0.467 e. The van der Waals surface area contributed by atoms with Crippen LogP contribution in [-0.4, -0.2) is 21.7 Å². The number of rotatable bonds is 3. The Labute approximate surface area is 170 Å². The minimum Gasteiger partial charge on any atom is -0.467 e. The summed E-state index contributed by atoms with van der Waals surface area (Å²) in [6.07, 6.45) is 0. The van der Waals surface area contributed by atoms with E-state index in [1.165, 1.54) is 18.2 Å². The lowest BCUT2D eigenvalue weighted by Crippen LogP contribution is -2.70. The predicted molar refractivity (Wildman–Crippen MR) is 107 cm³/mol. The molecular weight excluding hydrogens is 404 g/mol. The molecule has 0 saturated carbocycles. The number of hydrogen-bond donors (Lipinski definition) is 3. The lowest BCUT2D eigenvalue weighted by atomic mass is 9.79. The van der Waals surface area contributed by atoms with Crippen LogP contribution in [0.25, 0.3) is 0 Å².